The van der Waals surface area contributed by atoms with E-state index in [2.05, 4.69) is 52.8 Å². The molecule has 0 aliphatic carbocycles. The Morgan fingerprint density at radius 3 is 1.98 bits per heavy atom. The maximum atomic E-state index is 16.2. The summed E-state index contributed by atoms with van der Waals surface area (Å²) < 4.78 is 81.3. The number of carbonyl (C=O) groups is 8. The number of likely N-dealkylation sites (N-methyl/N-ethyl adjacent to an activating group) is 1. The largest absolute Gasteiger partial charge is 0.508 e. The first kappa shape index (κ1) is 89.6. The van der Waals surface area contributed by atoms with E-state index in [1.54, 1.807) is 20.8 Å². The number of aromatic nitrogens is 1. The molecule has 7 amide bonds. The van der Waals surface area contributed by atoms with Crippen LogP contribution < -0.4 is 67.8 Å². The molecule has 121 heavy (non-hydrogen) atoms. The summed E-state index contributed by atoms with van der Waals surface area (Å²) in [6, 6.07) is 4.09. The Balaban J connectivity index is 0.994. The van der Waals surface area contributed by atoms with Gasteiger partial charge < -0.3 is 133 Å². The molecule has 21 N–H and O–H groups in total. The lowest BCUT2D eigenvalue weighted by Crippen LogP contribution is -2.65. The van der Waals surface area contributed by atoms with E-state index in [1.807, 2.05) is 0 Å². The van der Waals surface area contributed by atoms with Crippen LogP contribution in [0.3, 0.4) is 0 Å². The second-order valence-electron chi connectivity index (χ2n) is 30.4. The molecular formula is C80H87Cl3F3N11O24. The topological polar surface area (TPSA) is 541 Å². The van der Waals surface area contributed by atoms with Crippen LogP contribution in [0.25, 0.3) is 22.0 Å². The maximum Gasteiger partial charge on any atom is 0.433 e. The third kappa shape index (κ3) is 19.8. The van der Waals surface area contributed by atoms with Gasteiger partial charge in [-0.3, -0.25) is 33.6 Å². The van der Waals surface area contributed by atoms with E-state index in [-0.39, 0.29) is 70.5 Å². The first-order valence-corrected chi connectivity index (χ1v) is 39.2. The molecule has 648 valence electrons. The fourth-order valence-electron chi connectivity index (χ4n) is 15.0. The number of alkyl halides is 3. The second kappa shape index (κ2) is 36.9. The molecule has 1 aromatic heterocycles. The number of primary amides is 1. The van der Waals surface area contributed by atoms with Gasteiger partial charge in [-0.05, 0) is 154 Å². The van der Waals surface area contributed by atoms with Gasteiger partial charge in [-0.2, -0.15) is 13.2 Å². The number of rotatable bonds is 20. The number of nitrogens with two attached hydrogens (primary N) is 1. The predicted octanol–water partition coefficient (Wildman–Crippen LogP) is 4.85. The number of nitrogens with one attached hydrogen (secondary N) is 9. The van der Waals surface area contributed by atoms with Gasteiger partial charge in [0, 0.05) is 57.4 Å². The molecule has 0 saturated carbocycles. The summed E-state index contributed by atoms with van der Waals surface area (Å²) >= 11 is 20.4. The predicted molar refractivity (Wildman–Crippen MR) is 423 cm³/mol. The summed E-state index contributed by atoms with van der Waals surface area (Å²) in [5, 5.41) is 140. The number of nitrogens with zero attached hydrogens (tertiary/aromatic N) is 1. The Hall–Kier alpha value is -10.7. The molecule has 0 spiro atoms. The minimum atomic E-state index is -4.78. The fourth-order valence-corrected chi connectivity index (χ4v) is 15.6. The Morgan fingerprint density at radius 2 is 1.35 bits per heavy atom. The molecule has 6 aromatic carbocycles. The number of ether oxygens (including phenoxy) is 6. The maximum absolute atomic E-state index is 16.2. The van der Waals surface area contributed by atoms with Crippen LogP contribution in [0.15, 0.2) is 103 Å². The molecule has 8 heterocycles. The molecule has 35 nitrogen and oxygen atoms in total. The average Bonchev–Trinajstić information content (AvgIpc) is 0.763. The zero-order valence-electron chi connectivity index (χ0n) is 64.8. The summed E-state index contributed by atoms with van der Waals surface area (Å²) in [7, 11) is 1.46. The molecule has 2 fully saturated rings. The van der Waals surface area contributed by atoms with Crippen molar-refractivity contribution < 1.29 is 131 Å². The minimum Gasteiger partial charge on any atom is -0.508 e. The van der Waals surface area contributed by atoms with Crippen LogP contribution >= 0.6 is 34.8 Å². The third-order valence-electron chi connectivity index (χ3n) is 21.2. The van der Waals surface area contributed by atoms with E-state index in [9.17, 15) is 88.2 Å². The number of amides is 7. The van der Waals surface area contributed by atoms with E-state index in [0.29, 0.717) is 18.2 Å². The van der Waals surface area contributed by atoms with Crippen molar-refractivity contribution in [3.8, 4) is 57.1 Å². The number of hydrogen-bond acceptors (Lipinski definition) is 27. The van der Waals surface area contributed by atoms with Crippen molar-refractivity contribution in [3.05, 3.63) is 152 Å². The van der Waals surface area contributed by atoms with Crippen molar-refractivity contribution in [3.63, 3.8) is 0 Å². The first-order chi connectivity index (χ1) is 57.2. The molecule has 0 unspecified atom stereocenters. The monoisotopic (exact) mass is 1750 g/mol. The van der Waals surface area contributed by atoms with Crippen molar-refractivity contribution in [2.45, 2.75) is 175 Å². The third-order valence-corrected chi connectivity index (χ3v) is 22.1. The van der Waals surface area contributed by atoms with E-state index < -0.39 is 254 Å². The van der Waals surface area contributed by atoms with Crippen LogP contribution in [0.1, 0.15) is 124 Å². The number of benzene rings is 6. The quantitative estimate of drug-likeness (QED) is 0.0453. The van der Waals surface area contributed by atoms with E-state index >= 15 is 14.4 Å². The molecule has 7 aliphatic rings. The van der Waals surface area contributed by atoms with Crippen LogP contribution in [0, 0.1) is 5.92 Å². The lowest BCUT2D eigenvalue weighted by Gasteiger charge is -2.48. The van der Waals surface area contributed by atoms with Crippen molar-refractivity contribution >= 4 is 98.7 Å². The normalized spacial score (nSPS) is 26.7. The van der Waals surface area contributed by atoms with Crippen LogP contribution in [-0.4, -0.2) is 209 Å². The minimum absolute atomic E-state index is 0.0143. The SMILES string of the molecule is CN[C@H](CC(C)C)C(=O)N[C@H]1C(=O)N[C@@H](CC(N)=O)C(=O)N[C@H]2C(=O)N[C@H]3C(=O)N[C@H](C(=O)N[C@@H](C(=O)O)c4cc(O)cc(O)c4-c4cc3ccc4O)[C@H](O)c3ccc(c(Cl)c3)Oc3cc2cc(c3O[C@@H]2O[C@H](CO)[C@@H](O)[C@H](O)[C@H]2O[C@H]2C[C@](C)(NCCCCNc3cc(C(F)(F)F)nc4cc(Cl)ccc34)[C@H](O)[C@H](C)O2)Oc2ccc(cc2Cl)[C@H]1O. The van der Waals surface area contributed by atoms with Crippen molar-refractivity contribution in [1.82, 2.24) is 47.5 Å². The number of aromatic hydroxyl groups is 3. The van der Waals surface area contributed by atoms with E-state index in [0.717, 1.165) is 72.8 Å². The first-order valence-electron chi connectivity index (χ1n) is 38.1. The Labute approximate surface area is 701 Å². The van der Waals surface area contributed by atoms with Gasteiger partial charge in [-0.15, -0.1) is 0 Å². The Kier molecular flexibility index (Phi) is 27.3. The van der Waals surface area contributed by atoms with Gasteiger partial charge in [-0.25, -0.2) is 9.78 Å². The lowest BCUT2D eigenvalue weighted by molar-refractivity contribution is -0.334. The number of aliphatic hydroxyl groups is 6. The van der Waals surface area contributed by atoms with E-state index in [1.165, 1.54) is 44.3 Å². The summed E-state index contributed by atoms with van der Waals surface area (Å²) in [4.78, 5) is 122. The highest BCUT2D eigenvalue weighted by Gasteiger charge is 2.52. The molecule has 2 saturated heterocycles. The lowest BCUT2D eigenvalue weighted by atomic mass is 9.85. The second-order valence-corrected chi connectivity index (χ2v) is 31.7. The molecule has 7 aromatic rings. The van der Waals surface area contributed by atoms with Gasteiger partial charge in [0.15, 0.2) is 29.9 Å². The molecular weight excluding hydrogens is 1660 g/mol. The number of pyridine rings is 1. The van der Waals surface area contributed by atoms with Gasteiger partial charge >= 0.3 is 12.1 Å². The van der Waals surface area contributed by atoms with Gasteiger partial charge in [0.1, 0.15) is 95.2 Å². The molecule has 41 heteroatoms. The number of aliphatic carboxylic acids is 1. The number of halogens is 6. The molecule has 0 radical (unpaired) electrons. The zero-order chi connectivity index (χ0) is 87.7. The highest BCUT2D eigenvalue weighted by Crippen LogP contribution is 2.50. The van der Waals surface area contributed by atoms with Crippen molar-refractivity contribution in [2.24, 2.45) is 11.7 Å². The van der Waals surface area contributed by atoms with E-state index in [4.69, 9.17) is 69.0 Å². The van der Waals surface area contributed by atoms with Crippen LogP contribution in [-0.2, 0) is 58.7 Å². The molecule has 11 bridgehead atoms. The molecule has 18 atom stereocenters. The highest BCUT2D eigenvalue weighted by atomic mass is 35.5. The molecule has 14 rings (SSSR count). The van der Waals surface area contributed by atoms with Gasteiger partial charge in [0.25, 0.3) is 0 Å². The smallest absolute Gasteiger partial charge is 0.433 e. The molecule has 7 aliphatic heterocycles. The van der Waals surface area contributed by atoms with Crippen LogP contribution in [0.2, 0.25) is 15.1 Å². The number of carboxylic acids is 1. The summed E-state index contributed by atoms with van der Waals surface area (Å²) in [6.07, 6.45) is -23.4. The van der Waals surface area contributed by atoms with Crippen molar-refractivity contribution in [2.75, 3.05) is 32.1 Å². The number of hydrogen-bond donors (Lipinski definition) is 20. The number of fused-ring (bicyclic) bond motifs is 16. The van der Waals surface area contributed by atoms with Gasteiger partial charge in [0.2, 0.25) is 53.4 Å². The fraction of sp³-hybridized carbons (Fsp3) is 0.412. The number of anilines is 1. The zero-order valence-corrected chi connectivity index (χ0v) is 67.1. The van der Waals surface area contributed by atoms with Crippen molar-refractivity contribution in [1.29, 1.82) is 0 Å². The standard InChI is InChI=1S/C80H87Cl3F3N11O24/c1-31(2)18-46(88-5)71(108)96-62-64(103)34-9-14-50(42(82)20-34)117-52-22-36-23-53(68(52)121-78-69(67(106)66(105)54(30-98)119-78)120-57-29-79(4,70(107)32(3)116-57)90-17-7-6-16-89-44-27-55(80(84,85)86)91-45-24-37(81)11-12-39(44)45)118-51-15-10-35(21-43(51)83)65(104)63-76(113)95-61(77(114)115)41-25-38(99)26-49(101)58(41)40-19-33(8-13-48(40)100)59(73(110)97-63)94-74(111)60(36)93-72(109)47(28-56(87)102)92-75(62)112/h8-15,19-27,31-32,46-47,54,57,59-67,69-70,78,88,90,98-101,103-107H,6-7,16-18,28-30H2,1-5H3,(H2,87,102)(H,89,91)(H,92,112)(H,93,109)(H,94,111)(H,95,113)(H,96,108)(H,97,110)(H,114,115)/t32-,46+,47-,54+,57-,59+,60+,61+,62+,63-,64+,65+,66+,67-,69+,70+,78-,79-/m0/s1. The number of phenolic OH excluding ortho intramolecular Hbond substituents is 3. The van der Waals surface area contributed by atoms with Gasteiger partial charge in [-0.1, -0.05) is 66.8 Å². The average molecular weight is 1750 g/mol. The number of unbranched alkanes of at least 4 members (excludes halogenated alkanes) is 1. The van der Waals surface area contributed by atoms with Gasteiger partial charge in [0.05, 0.1) is 46.8 Å². The Morgan fingerprint density at radius 1 is 0.711 bits per heavy atom. The number of carbonyl (C=O) groups excluding carboxylic acids is 7. The summed E-state index contributed by atoms with van der Waals surface area (Å²) in [5.74, 6) is -16.5. The number of aliphatic hydroxyl groups excluding tert-OH is 6. The summed E-state index contributed by atoms with van der Waals surface area (Å²) in [6.45, 7) is 6.08. The number of phenols is 3. The summed E-state index contributed by atoms with van der Waals surface area (Å²) in [5.41, 5.74) is 0.447. The van der Waals surface area contributed by atoms with Crippen LogP contribution in [0.5, 0.6) is 46.0 Å². The Bertz CT molecular complexity index is 5160. The van der Waals surface area contributed by atoms with Crippen LogP contribution in [0.4, 0.5) is 18.9 Å². The highest BCUT2D eigenvalue weighted by molar-refractivity contribution is 6.32. The number of carboxylic acid groups (broad SMARTS) is 1.